The minimum Gasteiger partial charge on any atom is -0.497 e. The summed E-state index contributed by atoms with van der Waals surface area (Å²) in [7, 11) is 1.64. The van der Waals surface area contributed by atoms with Crippen LogP contribution in [0, 0.1) is 0 Å². The predicted molar refractivity (Wildman–Crippen MR) is 77.2 cm³/mol. The van der Waals surface area contributed by atoms with Gasteiger partial charge in [-0.1, -0.05) is 12.1 Å². The molecule has 2 rings (SSSR count). The van der Waals surface area contributed by atoms with Crippen molar-refractivity contribution in [1.82, 2.24) is 4.98 Å². The number of ether oxygens (including phenoxy) is 2. The number of hydrogen-bond donors (Lipinski definition) is 1. The zero-order valence-corrected chi connectivity index (χ0v) is 12.2. The molecule has 4 nitrogen and oxygen atoms in total. The monoisotopic (exact) mass is 322 g/mol. The SMILES string of the molecule is COc1cccc(COc2ncc(Br)cc2CN)c1. The molecule has 1 aromatic carbocycles. The van der Waals surface area contributed by atoms with E-state index < -0.39 is 0 Å². The van der Waals surface area contributed by atoms with E-state index in [0.29, 0.717) is 19.0 Å². The van der Waals surface area contributed by atoms with E-state index in [1.807, 2.05) is 30.3 Å². The molecule has 0 spiro atoms. The smallest absolute Gasteiger partial charge is 0.218 e. The second-order valence-corrected chi connectivity index (χ2v) is 4.88. The number of methoxy groups -OCH3 is 1. The van der Waals surface area contributed by atoms with Crippen LogP contribution in [-0.4, -0.2) is 12.1 Å². The molecule has 0 aliphatic rings. The minimum atomic E-state index is 0.389. The highest BCUT2D eigenvalue weighted by atomic mass is 79.9. The number of benzene rings is 1. The fourth-order valence-corrected chi connectivity index (χ4v) is 2.04. The summed E-state index contributed by atoms with van der Waals surface area (Å²) in [5, 5.41) is 0. The van der Waals surface area contributed by atoms with Crippen LogP contribution in [0.5, 0.6) is 11.6 Å². The first-order valence-electron chi connectivity index (χ1n) is 5.83. The van der Waals surface area contributed by atoms with Gasteiger partial charge in [-0.3, -0.25) is 0 Å². The summed E-state index contributed by atoms with van der Waals surface area (Å²) in [4.78, 5) is 4.23. The summed E-state index contributed by atoms with van der Waals surface area (Å²) in [5.41, 5.74) is 7.57. The fourth-order valence-electron chi connectivity index (χ4n) is 1.66. The van der Waals surface area contributed by atoms with E-state index in [2.05, 4.69) is 20.9 Å². The average molecular weight is 323 g/mol. The van der Waals surface area contributed by atoms with E-state index >= 15 is 0 Å². The van der Waals surface area contributed by atoms with Gasteiger partial charge in [0.15, 0.2) is 0 Å². The quantitative estimate of drug-likeness (QED) is 0.919. The first-order chi connectivity index (χ1) is 9.22. The van der Waals surface area contributed by atoms with Gasteiger partial charge in [-0.05, 0) is 39.7 Å². The van der Waals surface area contributed by atoms with Gasteiger partial charge >= 0.3 is 0 Å². The third-order valence-corrected chi connectivity index (χ3v) is 3.06. The Bertz CT molecular complexity index is 561. The van der Waals surface area contributed by atoms with Crippen LogP contribution in [-0.2, 0) is 13.2 Å². The van der Waals surface area contributed by atoms with Gasteiger partial charge in [0.2, 0.25) is 5.88 Å². The first kappa shape index (κ1) is 13.8. The van der Waals surface area contributed by atoms with Crippen molar-refractivity contribution in [3.8, 4) is 11.6 Å². The Morgan fingerprint density at radius 3 is 2.89 bits per heavy atom. The molecule has 2 N–H and O–H groups in total. The Morgan fingerprint density at radius 2 is 2.16 bits per heavy atom. The Morgan fingerprint density at radius 1 is 1.32 bits per heavy atom. The molecule has 0 fully saturated rings. The van der Waals surface area contributed by atoms with Crippen LogP contribution in [0.25, 0.3) is 0 Å². The number of nitrogens with two attached hydrogens (primary N) is 1. The van der Waals surface area contributed by atoms with E-state index in [-0.39, 0.29) is 0 Å². The van der Waals surface area contributed by atoms with Crippen molar-refractivity contribution in [3.05, 3.63) is 52.1 Å². The van der Waals surface area contributed by atoms with Crippen LogP contribution in [0.4, 0.5) is 0 Å². The van der Waals surface area contributed by atoms with Crippen molar-refractivity contribution in [2.24, 2.45) is 5.73 Å². The van der Waals surface area contributed by atoms with Crippen LogP contribution in [0.15, 0.2) is 41.0 Å². The van der Waals surface area contributed by atoms with E-state index in [9.17, 15) is 0 Å². The Balaban J connectivity index is 2.09. The lowest BCUT2D eigenvalue weighted by molar-refractivity contribution is 0.289. The molecule has 1 heterocycles. The van der Waals surface area contributed by atoms with Gasteiger partial charge < -0.3 is 15.2 Å². The maximum Gasteiger partial charge on any atom is 0.218 e. The molecule has 0 radical (unpaired) electrons. The first-order valence-corrected chi connectivity index (χ1v) is 6.62. The second-order valence-electron chi connectivity index (χ2n) is 3.96. The number of aromatic nitrogens is 1. The molecule has 5 heteroatoms. The third kappa shape index (κ3) is 3.68. The highest BCUT2D eigenvalue weighted by Crippen LogP contribution is 2.21. The Hall–Kier alpha value is -1.59. The number of halogens is 1. The van der Waals surface area contributed by atoms with Crippen molar-refractivity contribution in [3.63, 3.8) is 0 Å². The lowest BCUT2D eigenvalue weighted by atomic mass is 10.2. The molecule has 1 aromatic heterocycles. The third-order valence-electron chi connectivity index (χ3n) is 2.62. The van der Waals surface area contributed by atoms with Crippen molar-refractivity contribution < 1.29 is 9.47 Å². The van der Waals surface area contributed by atoms with Crippen LogP contribution in [0.2, 0.25) is 0 Å². The van der Waals surface area contributed by atoms with Crippen LogP contribution >= 0.6 is 15.9 Å². The highest BCUT2D eigenvalue weighted by Gasteiger charge is 2.05. The van der Waals surface area contributed by atoms with Crippen LogP contribution in [0.1, 0.15) is 11.1 Å². The molecular formula is C14H15BrN2O2. The van der Waals surface area contributed by atoms with Crippen LogP contribution in [0.3, 0.4) is 0 Å². The second kappa shape index (κ2) is 6.54. The lowest BCUT2D eigenvalue weighted by Gasteiger charge is -2.10. The molecule has 0 unspecified atom stereocenters. The molecule has 0 saturated heterocycles. The normalized spacial score (nSPS) is 10.3. The van der Waals surface area contributed by atoms with Gasteiger partial charge in [0, 0.05) is 22.8 Å². The van der Waals surface area contributed by atoms with Crippen molar-refractivity contribution >= 4 is 15.9 Å². The molecule has 2 aromatic rings. The van der Waals surface area contributed by atoms with Crippen molar-refractivity contribution in [2.45, 2.75) is 13.2 Å². The van der Waals surface area contributed by atoms with E-state index in [1.165, 1.54) is 0 Å². The van der Waals surface area contributed by atoms with Crippen molar-refractivity contribution in [1.29, 1.82) is 0 Å². The number of pyridine rings is 1. The van der Waals surface area contributed by atoms with E-state index in [4.69, 9.17) is 15.2 Å². The summed E-state index contributed by atoms with van der Waals surface area (Å²) in [5.74, 6) is 1.37. The molecule has 19 heavy (non-hydrogen) atoms. The number of rotatable bonds is 5. The summed E-state index contributed by atoms with van der Waals surface area (Å²) in [6.45, 7) is 0.818. The Labute approximate surface area is 120 Å². The molecule has 0 amide bonds. The van der Waals surface area contributed by atoms with Crippen molar-refractivity contribution in [2.75, 3.05) is 7.11 Å². The maximum absolute atomic E-state index is 5.70. The molecule has 0 bridgehead atoms. The van der Waals surface area contributed by atoms with Gasteiger partial charge in [-0.25, -0.2) is 4.98 Å². The molecule has 0 aliphatic carbocycles. The predicted octanol–water partition coefficient (Wildman–Crippen LogP) is 2.89. The minimum absolute atomic E-state index is 0.389. The summed E-state index contributed by atoms with van der Waals surface area (Å²) >= 11 is 3.36. The van der Waals surface area contributed by atoms with Gasteiger partial charge in [-0.15, -0.1) is 0 Å². The molecule has 0 atom stereocenters. The molecule has 0 saturated carbocycles. The molecule has 100 valence electrons. The van der Waals surface area contributed by atoms with Gasteiger partial charge in [0.05, 0.1) is 7.11 Å². The van der Waals surface area contributed by atoms with Gasteiger partial charge in [0.1, 0.15) is 12.4 Å². The largest absolute Gasteiger partial charge is 0.497 e. The van der Waals surface area contributed by atoms with E-state index in [0.717, 1.165) is 21.3 Å². The van der Waals surface area contributed by atoms with Gasteiger partial charge in [-0.2, -0.15) is 0 Å². The standard InChI is InChI=1S/C14H15BrN2O2/c1-18-13-4-2-3-10(5-13)9-19-14-11(7-16)6-12(15)8-17-14/h2-6,8H,7,9,16H2,1H3. The molecule has 0 aliphatic heterocycles. The fraction of sp³-hybridized carbons (Fsp3) is 0.214. The average Bonchev–Trinajstić information content (AvgIpc) is 2.46. The van der Waals surface area contributed by atoms with Gasteiger partial charge in [0.25, 0.3) is 0 Å². The zero-order chi connectivity index (χ0) is 13.7. The lowest BCUT2D eigenvalue weighted by Crippen LogP contribution is -2.04. The summed E-state index contributed by atoms with van der Waals surface area (Å²) in [6, 6.07) is 9.64. The number of nitrogens with zero attached hydrogens (tertiary/aromatic N) is 1. The van der Waals surface area contributed by atoms with Crippen LogP contribution < -0.4 is 15.2 Å². The zero-order valence-electron chi connectivity index (χ0n) is 10.6. The van der Waals surface area contributed by atoms with E-state index in [1.54, 1.807) is 13.3 Å². The highest BCUT2D eigenvalue weighted by molar-refractivity contribution is 9.10. The topological polar surface area (TPSA) is 57.4 Å². The number of hydrogen-bond acceptors (Lipinski definition) is 4. The Kier molecular flexibility index (Phi) is 4.76. The summed E-state index contributed by atoms with van der Waals surface area (Å²) < 4.78 is 11.8. The summed E-state index contributed by atoms with van der Waals surface area (Å²) in [6.07, 6.45) is 1.69. The molecular weight excluding hydrogens is 308 g/mol. The maximum atomic E-state index is 5.70.